The molecule has 19 heavy (non-hydrogen) atoms. The van der Waals surface area contributed by atoms with Crippen molar-refractivity contribution in [3.05, 3.63) is 38.9 Å². The summed E-state index contributed by atoms with van der Waals surface area (Å²) in [6.45, 7) is 2.62. The van der Waals surface area contributed by atoms with Gasteiger partial charge in [0.05, 0.1) is 9.95 Å². The fourth-order valence-corrected chi connectivity index (χ4v) is 2.48. The first-order valence-corrected chi connectivity index (χ1v) is 6.52. The quantitative estimate of drug-likeness (QED) is 0.681. The number of hydrogen-bond acceptors (Lipinski definition) is 3. The second-order valence-electron chi connectivity index (χ2n) is 5.24. The van der Waals surface area contributed by atoms with Crippen molar-refractivity contribution in [3.8, 4) is 0 Å². The number of carbonyl (C=O) groups is 1. The highest BCUT2D eigenvalue weighted by Gasteiger charge is 2.33. The molecule has 0 spiro atoms. The minimum atomic E-state index is -0.591. The largest absolute Gasteiger partial charge is 0.351 e. The van der Waals surface area contributed by atoms with Crippen molar-refractivity contribution in [3.63, 3.8) is 0 Å². The van der Waals surface area contributed by atoms with Gasteiger partial charge in [-0.3, -0.25) is 14.9 Å². The normalized spacial score (nSPS) is 16.5. The highest BCUT2D eigenvalue weighted by atomic mass is 35.5. The van der Waals surface area contributed by atoms with Gasteiger partial charge >= 0.3 is 0 Å². The Kier molecular flexibility index (Phi) is 3.75. The molecule has 0 unspecified atom stereocenters. The van der Waals surface area contributed by atoms with Gasteiger partial charge in [-0.1, -0.05) is 31.0 Å². The first kappa shape index (κ1) is 13.8. The van der Waals surface area contributed by atoms with Gasteiger partial charge in [0.25, 0.3) is 11.6 Å². The summed E-state index contributed by atoms with van der Waals surface area (Å²) in [4.78, 5) is 22.4. The fourth-order valence-electron chi connectivity index (χ4n) is 2.23. The van der Waals surface area contributed by atoms with Gasteiger partial charge in [0, 0.05) is 12.6 Å². The third-order valence-corrected chi connectivity index (χ3v) is 3.97. The smallest absolute Gasteiger partial charge is 0.283 e. The molecule has 1 amide bonds. The van der Waals surface area contributed by atoms with Gasteiger partial charge in [0.15, 0.2) is 0 Å². The molecule has 1 fully saturated rings. The molecule has 0 heterocycles. The van der Waals surface area contributed by atoms with Crippen LogP contribution in [0.25, 0.3) is 0 Å². The van der Waals surface area contributed by atoms with E-state index in [-0.39, 0.29) is 21.7 Å². The van der Waals surface area contributed by atoms with E-state index in [1.165, 1.54) is 24.6 Å². The number of benzene rings is 1. The standard InChI is InChI=1S/C13H15ClN2O3/c1-13(6-3-7-13)8-15-12(17)11-9(14)4-2-5-10(11)16(18)19/h2,4-5H,3,6-8H2,1H3,(H,15,17). The molecule has 0 bridgehead atoms. The van der Waals surface area contributed by atoms with Crippen molar-refractivity contribution in [2.45, 2.75) is 26.2 Å². The number of nitrogens with zero attached hydrogens (tertiary/aromatic N) is 1. The predicted octanol–water partition coefficient (Wildman–Crippen LogP) is 3.17. The van der Waals surface area contributed by atoms with Gasteiger partial charge in [-0.2, -0.15) is 0 Å². The number of rotatable bonds is 4. The highest BCUT2D eigenvalue weighted by Crippen LogP contribution is 2.39. The molecule has 0 saturated heterocycles. The first-order chi connectivity index (χ1) is 8.93. The minimum absolute atomic E-state index is 0.0582. The van der Waals surface area contributed by atoms with Gasteiger partial charge in [-0.15, -0.1) is 0 Å². The number of hydrogen-bond donors (Lipinski definition) is 1. The predicted molar refractivity (Wildman–Crippen MR) is 72.4 cm³/mol. The summed E-state index contributed by atoms with van der Waals surface area (Å²) in [5.74, 6) is -0.481. The zero-order valence-corrected chi connectivity index (χ0v) is 11.4. The maximum absolute atomic E-state index is 12.1. The van der Waals surface area contributed by atoms with Gasteiger partial charge in [0.1, 0.15) is 5.56 Å². The van der Waals surface area contributed by atoms with Crippen LogP contribution in [-0.2, 0) is 0 Å². The molecule has 0 aromatic heterocycles. The first-order valence-electron chi connectivity index (χ1n) is 6.14. The average Bonchev–Trinajstić information content (AvgIpc) is 2.33. The Morgan fingerprint density at radius 3 is 2.74 bits per heavy atom. The third-order valence-electron chi connectivity index (χ3n) is 3.65. The Hall–Kier alpha value is -1.62. The number of halogens is 1. The topological polar surface area (TPSA) is 72.2 Å². The summed E-state index contributed by atoms with van der Waals surface area (Å²) in [7, 11) is 0. The molecule has 102 valence electrons. The summed E-state index contributed by atoms with van der Waals surface area (Å²) >= 11 is 5.90. The number of nitro groups is 1. The lowest BCUT2D eigenvalue weighted by molar-refractivity contribution is -0.385. The molecule has 2 rings (SSSR count). The Morgan fingerprint density at radius 2 is 2.21 bits per heavy atom. The zero-order chi connectivity index (χ0) is 14.0. The van der Waals surface area contributed by atoms with Crippen LogP contribution in [0.3, 0.4) is 0 Å². The second-order valence-corrected chi connectivity index (χ2v) is 5.65. The maximum Gasteiger partial charge on any atom is 0.283 e. The van der Waals surface area contributed by atoms with Crippen LogP contribution in [0.4, 0.5) is 5.69 Å². The SMILES string of the molecule is CC1(CNC(=O)c2c(Cl)cccc2[N+](=O)[O-])CCC1. The molecule has 1 aromatic rings. The number of nitro benzene ring substituents is 1. The summed E-state index contributed by atoms with van der Waals surface area (Å²) in [5.41, 5.74) is -0.202. The van der Waals surface area contributed by atoms with E-state index in [4.69, 9.17) is 11.6 Å². The van der Waals surface area contributed by atoms with Crippen molar-refractivity contribution in [1.29, 1.82) is 0 Å². The van der Waals surface area contributed by atoms with Crippen LogP contribution in [0, 0.1) is 15.5 Å². The van der Waals surface area contributed by atoms with Gasteiger partial charge in [-0.05, 0) is 24.3 Å². The van der Waals surface area contributed by atoms with E-state index in [1.807, 2.05) is 0 Å². The van der Waals surface area contributed by atoms with E-state index >= 15 is 0 Å². The van der Waals surface area contributed by atoms with Crippen LogP contribution in [0.2, 0.25) is 5.02 Å². The van der Waals surface area contributed by atoms with Crippen LogP contribution >= 0.6 is 11.6 Å². The monoisotopic (exact) mass is 282 g/mol. The van der Waals surface area contributed by atoms with E-state index in [9.17, 15) is 14.9 Å². The molecule has 6 heteroatoms. The molecule has 0 aliphatic heterocycles. The third kappa shape index (κ3) is 2.87. The van der Waals surface area contributed by atoms with Crippen molar-refractivity contribution < 1.29 is 9.72 Å². The van der Waals surface area contributed by atoms with Gasteiger partial charge < -0.3 is 5.32 Å². The molecule has 5 nitrogen and oxygen atoms in total. The van der Waals surface area contributed by atoms with Crippen LogP contribution in [0.15, 0.2) is 18.2 Å². The Morgan fingerprint density at radius 1 is 1.53 bits per heavy atom. The second kappa shape index (κ2) is 5.17. The van der Waals surface area contributed by atoms with Crippen LogP contribution in [-0.4, -0.2) is 17.4 Å². The lowest BCUT2D eigenvalue weighted by Crippen LogP contribution is -2.40. The molecule has 1 N–H and O–H groups in total. The summed E-state index contributed by atoms with van der Waals surface area (Å²) < 4.78 is 0. The van der Waals surface area contributed by atoms with Crippen molar-refractivity contribution in [1.82, 2.24) is 5.32 Å². The molecule has 1 saturated carbocycles. The van der Waals surface area contributed by atoms with E-state index in [0.717, 1.165) is 12.8 Å². The van der Waals surface area contributed by atoms with Crippen LogP contribution in [0.5, 0.6) is 0 Å². The van der Waals surface area contributed by atoms with Crippen molar-refractivity contribution in [2.75, 3.05) is 6.54 Å². The Balaban J connectivity index is 2.16. The molecular weight excluding hydrogens is 268 g/mol. The Labute approximate surface area is 116 Å². The molecular formula is C13H15ClN2O3. The summed E-state index contributed by atoms with van der Waals surface area (Å²) in [5, 5.41) is 13.8. The lowest BCUT2D eigenvalue weighted by Gasteiger charge is -2.38. The van der Waals surface area contributed by atoms with Gasteiger partial charge in [0.2, 0.25) is 0 Å². The maximum atomic E-state index is 12.1. The Bertz CT molecular complexity index is 527. The van der Waals surface area contributed by atoms with Gasteiger partial charge in [-0.25, -0.2) is 0 Å². The molecule has 1 aliphatic carbocycles. The number of nitrogens with one attached hydrogen (secondary N) is 1. The van der Waals surface area contributed by atoms with E-state index in [2.05, 4.69) is 12.2 Å². The number of amides is 1. The van der Waals surface area contributed by atoms with Crippen LogP contribution in [0.1, 0.15) is 36.5 Å². The molecule has 0 atom stereocenters. The average molecular weight is 283 g/mol. The molecule has 0 radical (unpaired) electrons. The van der Waals surface area contributed by atoms with E-state index < -0.39 is 10.8 Å². The summed E-state index contributed by atoms with van der Waals surface area (Å²) in [6, 6.07) is 4.23. The minimum Gasteiger partial charge on any atom is -0.351 e. The van der Waals surface area contributed by atoms with E-state index in [1.54, 1.807) is 0 Å². The highest BCUT2D eigenvalue weighted by molar-refractivity contribution is 6.34. The van der Waals surface area contributed by atoms with Crippen molar-refractivity contribution in [2.24, 2.45) is 5.41 Å². The summed E-state index contributed by atoms with van der Waals surface area (Å²) in [6.07, 6.45) is 3.30. The fraction of sp³-hybridized carbons (Fsp3) is 0.462. The number of carbonyl (C=O) groups excluding carboxylic acids is 1. The van der Waals surface area contributed by atoms with E-state index in [0.29, 0.717) is 6.54 Å². The van der Waals surface area contributed by atoms with Crippen LogP contribution < -0.4 is 5.32 Å². The molecule has 1 aromatic carbocycles. The molecule has 1 aliphatic rings. The lowest BCUT2D eigenvalue weighted by atomic mass is 9.70. The zero-order valence-electron chi connectivity index (χ0n) is 10.6. The van der Waals surface area contributed by atoms with Crippen molar-refractivity contribution >= 4 is 23.2 Å².